The summed E-state index contributed by atoms with van der Waals surface area (Å²) in [5.74, 6) is 0.918. The highest BCUT2D eigenvalue weighted by molar-refractivity contribution is 6.32. The van der Waals surface area contributed by atoms with Crippen LogP contribution >= 0.6 is 36.4 Å². The van der Waals surface area contributed by atoms with Crippen molar-refractivity contribution in [1.29, 1.82) is 0 Å². The van der Waals surface area contributed by atoms with Crippen molar-refractivity contribution in [3.05, 3.63) is 23.2 Å². The van der Waals surface area contributed by atoms with Crippen molar-refractivity contribution < 1.29 is 9.53 Å². The van der Waals surface area contributed by atoms with Gasteiger partial charge in [-0.2, -0.15) is 0 Å². The van der Waals surface area contributed by atoms with E-state index < -0.39 is 0 Å². The molecule has 1 unspecified atom stereocenters. The highest BCUT2D eigenvalue weighted by Gasteiger charge is 2.57. The van der Waals surface area contributed by atoms with E-state index in [9.17, 15) is 4.79 Å². The van der Waals surface area contributed by atoms with Crippen molar-refractivity contribution in [2.24, 2.45) is 11.3 Å². The lowest BCUT2D eigenvalue weighted by Crippen LogP contribution is -2.31. The third-order valence-electron chi connectivity index (χ3n) is 5.10. The van der Waals surface area contributed by atoms with E-state index in [4.69, 9.17) is 16.3 Å². The van der Waals surface area contributed by atoms with Gasteiger partial charge in [0.05, 0.1) is 5.02 Å². The smallest absolute Gasteiger partial charge is 0.228 e. The number of likely N-dealkylation sites (N-methyl/N-ethyl adjacent to an activating group) is 1. The Labute approximate surface area is 173 Å². The van der Waals surface area contributed by atoms with Gasteiger partial charge in [-0.3, -0.25) is 4.79 Å². The number of nitrogens with one attached hydrogen (secondary N) is 2. The molecule has 1 heterocycles. The van der Waals surface area contributed by atoms with E-state index >= 15 is 0 Å². The monoisotopic (exact) mass is 423 g/mol. The van der Waals surface area contributed by atoms with Crippen molar-refractivity contribution in [1.82, 2.24) is 10.2 Å². The van der Waals surface area contributed by atoms with Crippen LogP contribution in [0.1, 0.15) is 19.3 Å². The van der Waals surface area contributed by atoms with Crippen molar-refractivity contribution in [3.8, 4) is 5.75 Å². The zero-order valence-electron chi connectivity index (χ0n) is 15.2. The molecule has 2 N–H and O–H groups in total. The minimum atomic E-state index is 0. The molecule has 0 radical (unpaired) electrons. The molecule has 148 valence electrons. The number of hydrogen-bond donors (Lipinski definition) is 2. The summed E-state index contributed by atoms with van der Waals surface area (Å²) >= 11 is 6.27. The number of hydrogen-bond acceptors (Lipinski definition) is 4. The van der Waals surface area contributed by atoms with Crippen LogP contribution in [0.4, 0.5) is 5.69 Å². The maximum Gasteiger partial charge on any atom is 0.228 e. The van der Waals surface area contributed by atoms with Crippen LogP contribution in [0.5, 0.6) is 5.75 Å². The summed E-state index contributed by atoms with van der Waals surface area (Å²) in [6.45, 7) is 3.45. The van der Waals surface area contributed by atoms with Crippen LogP contribution in [0.3, 0.4) is 0 Å². The van der Waals surface area contributed by atoms with E-state index in [0.29, 0.717) is 17.4 Å². The molecule has 1 amide bonds. The number of piperidine rings is 1. The number of carbonyl (C=O) groups is 1. The molecule has 3 rings (SSSR count). The van der Waals surface area contributed by atoms with Crippen LogP contribution in [0, 0.1) is 11.3 Å². The Kier molecular flexibility index (Phi) is 8.97. The number of anilines is 1. The Morgan fingerprint density at radius 1 is 1.35 bits per heavy atom. The average Bonchev–Trinajstić information content (AvgIpc) is 3.23. The van der Waals surface area contributed by atoms with E-state index in [1.807, 2.05) is 26.2 Å². The van der Waals surface area contributed by atoms with Crippen molar-refractivity contribution >= 4 is 48.0 Å². The molecule has 0 aromatic heterocycles. The largest absolute Gasteiger partial charge is 0.491 e. The molecule has 1 saturated carbocycles. The summed E-state index contributed by atoms with van der Waals surface area (Å²) in [7, 11) is 3.99. The van der Waals surface area contributed by atoms with Gasteiger partial charge in [-0.05, 0) is 70.1 Å². The zero-order chi connectivity index (χ0) is 17.2. The first kappa shape index (κ1) is 23.3. The van der Waals surface area contributed by atoms with Crippen LogP contribution in [0.15, 0.2) is 18.2 Å². The fraction of sp³-hybridized carbons (Fsp3) is 0.611. The molecule has 1 saturated heterocycles. The maximum atomic E-state index is 12.5. The van der Waals surface area contributed by atoms with Crippen molar-refractivity contribution in [2.75, 3.05) is 45.7 Å². The molecule has 1 aromatic rings. The van der Waals surface area contributed by atoms with Gasteiger partial charge < -0.3 is 20.3 Å². The minimum absolute atomic E-state index is 0. The molecule has 8 heteroatoms. The Hall–Kier alpha value is -0.720. The van der Waals surface area contributed by atoms with E-state index in [2.05, 4.69) is 15.5 Å². The second-order valence-electron chi connectivity index (χ2n) is 7.16. The molecular formula is C18H28Cl3N3O2. The Balaban J connectivity index is 0.00000169. The van der Waals surface area contributed by atoms with Gasteiger partial charge >= 0.3 is 0 Å². The molecule has 2 fully saturated rings. The average molecular weight is 425 g/mol. The summed E-state index contributed by atoms with van der Waals surface area (Å²) in [4.78, 5) is 14.5. The number of nitrogens with zero attached hydrogens (tertiary/aromatic N) is 1. The van der Waals surface area contributed by atoms with E-state index in [1.54, 1.807) is 6.07 Å². The van der Waals surface area contributed by atoms with Crippen LogP contribution in [0.2, 0.25) is 5.02 Å². The molecule has 1 aromatic carbocycles. The fourth-order valence-electron chi connectivity index (χ4n) is 3.46. The highest BCUT2D eigenvalue weighted by atomic mass is 35.5. The molecule has 2 aliphatic rings. The van der Waals surface area contributed by atoms with Gasteiger partial charge in [0.15, 0.2) is 0 Å². The Morgan fingerprint density at radius 3 is 2.65 bits per heavy atom. The first-order chi connectivity index (χ1) is 11.5. The summed E-state index contributed by atoms with van der Waals surface area (Å²) in [6.07, 6.45) is 3.22. The van der Waals surface area contributed by atoms with Crippen molar-refractivity contribution in [2.45, 2.75) is 19.3 Å². The number of carbonyl (C=O) groups excluding carboxylic acids is 1. The predicted molar refractivity (Wildman–Crippen MR) is 111 cm³/mol. The summed E-state index contributed by atoms with van der Waals surface area (Å²) in [6, 6.07) is 5.44. The second kappa shape index (κ2) is 10.00. The summed E-state index contributed by atoms with van der Waals surface area (Å²) in [5, 5.41) is 6.90. The number of halogens is 3. The maximum absolute atomic E-state index is 12.5. The lowest BCUT2D eigenvalue weighted by Gasteiger charge is -2.23. The molecular weight excluding hydrogens is 397 g/mol. The predicted octanol–water partition coefficient (Wildman–Crippen LogP) is 3.45. The molecule has 0 bridgehead atoms. The topological polar surface area (TPSA) is 53.6 Å². The highest BCUT2D eigenvalue weighted by Crippen LogP contribution is 2.58. The number of ether oxygens (including phenoxy) is 1. The van der Waals surface area contributed by atoms with Crippen molar-refractivity contribution in [3.63, 3.8) is 0 Å². The summed E-state index contributed by atoms with van der Waals surface area (Å²) in [5.41, 5.74) is 0.981. The van der Waals surface area contributed by atoms with Gasteiger partial charge in [-0.25, -0.2) is 0 Å². The third kappa shape index (κ3) is 5.64. The zero-order valence-corrected chi connectivity index (χ0v) is 17.6. The van der Waals surface area contributed by atoms with Gasteiger partial charge in [0.25, 0.3) is 0 Å². The second-order valence-corrected chi connectivity index (χ2v) is 7.56. The van der Waals surface area contributed by atoms with Gasteiger partial charge in [0.1, 0.15) is 12.4 Å². The quantitative estimate of drug-likeness (QED) is 0.734. The Morgan fingerprint density at radius 2 is 2.04 bits per heavy atom. The van der Waals surface area contributed by atoms with Gasteiger partial charge in [0.2, 0.25) is 5.91 Å². The lowest BCUT2D eigenvalue weighted by atomic mass is 9.92. The van der Waals surface area contributed by atoms with Gasteiger partial charge in [0, 0.05) is 18.2 Å². The normalized spacial score (nSPS) is 20.1. The molecule has 5 nitrogen and oxygen atoms in total. The molecule has 26 heavy (non-hydrogen) atoms. The van der Waals surface area contributed by atoms with E-state index in [-0.39, 0.29) is 42.1 Å². The molecule has 1 spiro atoms. The van der Waals surface area contributed by atoms with Crippen LogP contribution < -0.4 is 15.4 Å². The van der Waals surface area contributed by atoms with Gasteiger partial charge in [-0.15, -0.1) is 24.8 Å². The van der Waals surface area contributed by atoms with E-state index in [1.165, 1.54) is 0 Å². The first-order valence-corrected chi connectivity index (χ1v) is 8.97. The van der Waals surface area contributed by atoms with E-state index in [0.717, 1.165) is 44.6 Å². The first-order valence-electron chi connectivity index (χ1n) is 8.59. The molecule has 1 atom stereocenters. The fourth-order valence-corrected chi connectivity index (χ4v) is 3.69. The van der Waals surface area contributed by atoms with Crippen LogP contribution in [-0.4, -0.2) is 51.1 Å². The van der Waals surface area contributed by atoms with Crippen LogP contribution in [-0.2, 0) is 4.79 Å². The number of amides is 1. The number of rotatable bonds is 6. The van der Waals surface area contributed by atoms with Gasteiger partial charge in [-0.1, -0.05) is 11.6 Å². The third-order valence-corrected chi connectivity index (χ3v) is 5.40. The lowest BCUT2D eigenvalue weighted by molar-refractivity contribution is -0.118. The SMILES string of the molecule is CN(C)CCOc1ccc(NC(=O)C2CC23CCNCC3)cc1Cl.Cl.Cl. The molecule has 1 aliphatic heterocycles. The van der Waals surface area contributed by atoms with Crippen LogP contribution in [0.25, 0.3) is 0 Å². The summed E-state index contributed by atoms with van der Waals surface area (Å²) < 4.78 is 5.66. The minimum Gasteiger partial charge on any atom is -0.491 e. The Bertz CT molecular complexity index is 607. The molecule has 1 aliphatic carbocycles. The standard InChI is InChI=1S/C18H26ClN3O2.2ClH/c1-22(2)9-10-24-16-4-3-13(11-15(16)19)21-17(23)14-12-18(14)5-7-20-8-6-18;;/h3-4,11,14,20H,5-10,12H2,1-2H3,(H,21,23);2*1H. The number of benzene rings is 1.